The zero-order chi connectivity index (χ0) is 17.2. The zero-order valence-corrected chi connectivity index (χ0v) is 14.2. The largest absolute Gasteiger partial charge is 0.378 e. The number of benzene rings is 1. The summed E-state index contributed by atoms with van der Waals surface area (Å²) in [4.78, 5) is 10.2. The fraction of sp³-hybridized carbons (Fsp3) is 0.526. The van der Waals surface area contributed by atoms with Crippen molar-refractivity contribution in [2.24, 2.45) is 0 Å². The first-order valence-electron chi connectivity index (χ1n) is 9.06. The minimum atomic E-state index is -0.584. The van der Waals surface area contributed by atoms with E-state index in [0.717, 1.165) is 25.0 Å². The molecule has 1 aliphatic heterocycles. The van der Waals surface area contributed by atoms with Gasteiger partial charge < -0.3 is 9.72 Å². The molecule has 4 rings (SSSR count). The van der Waals surface area contributed by atoms with Gasteiger partial charge in [0, 0.05) is 24.2 Å². The van der Waals surface area contributed by atoms with Crippen LogP contribution >= 0.6 is 0 Å². The maximum Gasteiger partial charge on any atom is 0.135 e. The minimum Gasteiger partial charge on any atom is -0.378 e. The number of aromatic nitrogens is 2. The SMILES string of the molecule is Fc1ccc(-c2cnc(C3COCCN3C3CCCCC3)[nH]2)c(F)c1. The van der Waals surface area contributed by atoms with Crippen molar-refractivity contribution in [3.05, 3.63) is 41.9 Å². The highest BCUT2D eigenvalue weighted by Gasteiger charge is 2.33. The molecule has 0 amide bonds. The molecule has 134 valence electrons. The average molecular weight is 347 g/mol. The number of imidazole rings is 1. The summed E-state index contributed by atoms with van der Waals surface area (Å²) < 4.78 is 32.8. The predicted molar refractivity (Wildman–Crippen MR) is 91.1 cm³/mol. The van der Waals surface area contributed by atoms with Crippen LogP contribution in [0.4, 0.5) is 8.78 Å². The maximum absolute atomic E-state index is 14.0. The smallest absolute Gasteiger partial charge is 0.135 e. The number of nitrogens with zero attached hydrogens (tertiary/aromatic N) is 2. The van der Waals surface area contributed by atoms with Gasteiger partial charge in [0.1, 0.15) is 17.5 Å². The molecular formula is C19H23F2N3O. The summed E-state index contributed by atoms with van der Waals surface area (Å²) in [5.74, 6) is -0.367. The Labute approximate surface area is 146 Å². The van der Waals surface area contributed by atoms with E-state index in [1.165, 1.54) is 44.2 Å². The van der Waals surface area contributed by atoms with Crippen molar-refractivity contribution in [3.63, 3.8) is 0 Å². The molecule has 2 aromatic rings. The van der Waals surface area contributed by atoms with Gasteiger partial charge in [-0.1, -0.05) is 19.3 Å². The Morgan fingerprint density at radius 3 is 2.80 bits per heavy atom. The molecule has 0 radical (unpaired) electrons. The van der Waals surface area contributed by atoms with Crippen molar-refractivity contribution < 1.29 is 13.5 Å². The zero-order valence-electron chi connectivity index (χ0n) is 14.2. The lowest BCUT2D eigenvalue weighted by Crippen LogP contribution is -2.46. The average Bonchev–Trinajstić information content (AvgIpc) is 3.12. The fourth-order valence-electron chi connectivity index (χ4n) is 4.05. The predicted octanol–water partition coefficient (Wildman–Crippen LogP) is 4.06. The highest BCUT2D eigenvalue weighted by Crippen LogP contribution is 2.32. The van der Waals surface area contributed by atoms with E-state index < -0.39 is 11.6 Å². The van der Waals surface area contributed by atoms with Gasteiger partial charge in [-0.2, -0.15) is 0 Å². The van der Waals surface area contributed by atoms with Crippen molar-refractivity contribution in [1.82, 2.24) is 14.9 Å². The molecule has 4 nitrogen and oxygen atoms in total. The summed E-state index contributed by atoms with van der Waals surface area (Å²) >= 11 is 0. The second-order valence-electron chi connectivity index (χ2n) is 6.93. The molecule has 1 N–H and O–H groups in total. The van der Waals surface area contributed by atoms with Crippen LogP contribution < -0.4 is 0 Å². The molecule has 1 saturated heterocycles. The summed E-state index contributed by atoms with van der Waals surface area (Å²) in [7, 11) is 0. The summed E-state index contributed by atoms with van der Waals surface area (Å²) in [5, 5.41) is 0. The van der Waals surface area contributed by atoms with E-state index >= 15 is 0 Å². The first kappa shape index (κ1) is 16.7. The van der Waals surface area contributed by atoms with Crippen LogP contribution in [-0.4, -0.2) is 40.7 Å². The van der Waals surface area contributed by atoms with Crippen LogP contribution in [0.5, 0.6) is 0 Å². The quantitative estimate of drug-likeness (QED) is 0.910. The first-order chi connectivity index (χ1) is 12.2. The van der Waals surface area contributed by atoms with Gasteiger partial charge in [0.25, 0.3) is 0 Å². The summed E-state index contributed by atoms with van der Waals surface area (Å²) in [6.07, 6.45) is 7.94. The minimum absolute atomic E-state index is 0.0640. The van der Waals surface area contributed by atoms with E-state index in [4.69, 9.17) is 4.74 Å². The number of hydrogen-bond acceptors (Lipinski definition) is 3. The molecule has 2 heterocycles. The molecule has 0 spiro atoms. The Balaban J connectivity index is 1.58. The third-order valence-electron chi connectivity index (χ3n) is 5.35. The molecular weight excluding hydrogens is 324 g/mol. The Kier molecular flexibility index (Phi) is 4.81. The molecule has 1 atom stereocenters. The Hall–Kier alpha value is -1.79. The highest BCUT2D eigenvalue weighted by molar-refractivity contribution is 5.59. The van der Waals surface area contributed by atoms with Crippen molar-refractivity contribution in [1.29, 1.82) is 0 Å². The highest BCUT2D eigenvalue weighted by atomic mass is 19.1. The van der Waals surface area contributed by atoms with Gasteiger partial charge in [0.15, 0.2) is 0 Å². The topological polar surface area (TPSA) is 41.1 Å². The number of morpholine rings is 1. The van der Waals surface area contributed by atoms with E-state index in [9.17, 15) is 8.78 Å². The van der Waals surface area contributed by atoms with Crippen molar-refractivity contribution in [3.8, 4) is 11.3 Å². The fourth-order valence-corrected chi connectivity index (χ4v) is 4.05. The molecule has 1 unspecified atom stereocenters. The summed E-state index contributed by atoms with van der Waals surface area (Å²) in [5.41, 5.74) is 0.905. The molecule has 1 aromatic heterocycles. The molecule has 1 saturated carbocycles. The van der Waals surface area contributed by atoms with Crippen LogP contribution in [0.3, 0.4) is 0 Å². The van der Waals surface area contributed by atoms with Crippen LogP contribution in [-0.2, 0) is 4.74 Å². The van der Waals surface area contributed by atoms with Gasteiger partial charge in [0.05, 0.1) is 31.1 Å². The monoisotopic (exact) mass is 347 g/mol. The van der Waals surface area contributed by atoms with Gasteiger partial charge in [0.2, 0.25) is 0 Å². The van der Waals surface area contributed by atoms with Gasteiger partial charge >= 0.3 is 0 Å². The third-order valence-corrected chi connectivity index (χ3v) is 5.35. The molecule has 25 heavy (non-hydrogen) atoms. The van der Waals surface area contributed by atoms with E-state index in [2.05, 4.69) is 14.9 Å². The molecule has 1 aromatic carbocycles. The van der Waals surface area contributed by atoms with Crippen molar-refractivity contribution in [2.45, 2.75) is 44.2 Å². The Morgan fingerprint density at radius 1 is 1.16 bits per heavy atom. The van der Waals surface area contributed by atoms with Gasteiger partial charge in [-0.25, -0.2) is 13.8 Å². The summed E-state index contributed by atoms with van der Waals surface area (Å²) in [6.45, 7) is 2.23. The number of ether oxygens (including phenoxy) is 1. The van der Waals surface area contributed by atoms with Crippen LogP contribution in [0.15, 0.2) is 24.4 Å². The molecule has 0 bridgehead atoms. The third kappa shape index (κ3) is 3.46. The van der Waals surface area contributed by atoms with E-state index in [1.807, 2.05) is 0 Å². The lowest BCUT2D eigenvalue weighted by Gasteiger charge is -2.41. The first-order valence-corrected chi connectivity index (χ1v) is 9.06. The Bertz CT molecular complexity index is 727. The molecule has 6 heteroatoms. The van der Waals surface area contributed by atoms with E-state index in [-0.39, 0.29) is 6.04 Å². The van der Waals surface area contributed by atoms with Crippen LogP contribution in [0.1, 0.15) is 44.0 Å². The van der Waals surface area contributed by atoms with Crippen LogP contribution in [0.25, 0.3) is 11.3 Å². The molecule has 1 aliphatic carbocycles. The van der Waals surface area contributed by atoms with Gasteiger partial charge in [-0.05, 0) is 25.0 Å². The summed E-state index contributed by atoms with van der Waals surface area (Å²) in [6, 6.07) is 4.23. The number of hydrogen-bond donors (Lipinski definition) is 1. The number of halogens is 2. The van der Waals surface area contributed by atoms with Crippen molar-refractivity contribution >= 4 is 0 Å². The Morgan fingerprint density at radius 2 is 2.00 bits per heavy atom. The number of nitrogens with one attached hydrogen (secondary N) is 1. The standard InChI is InChI=1S/C19H23F2N3O/c20-13-6-7-15(16(21)10-13)17-11-22-19(23-17)18-12-25-9-8-24(18)14-4-2-1-3-5-14/h6-7,10-11,14,18H,1-5,8-9,12H2,(H,22,23). The van der Waals surface area contributed by atoms with Crippen LogP contribution in [0.2, 0.25) is 0 Å². The lowest BCUT2D eigenvalue weighted by molar-refractivity contribution is -0.0400. The van der Waals surface area contributed by atoms with Gasteiger partial charge in [-0.15, -0.1) is 0 Å². The van der Waals surface area contributed by atoms with E-state index in [1.54, 1.807) is 6.20 Å². The maximum atomic E-state index is 14.0. The number of aromatic amines is 1. The number of rotatable bonds is 3. The second kappa shape index (κ2) is 7.22. The van der Waals surface area contributed by atoms with Crippen molar-refractivity contribution in [2.75, 3.05) is 19.8 Å². The van der Waals surface area contributed by atoms with E-state index in [0.29, 0.717) is 23.9 Å². The molecule has 2 aliphatic rings. The van der Waals surface area contributed by atoms with Crippen LogP contribution in [0, 0.1) is 11.6 Å². The number of H-pyrrole nitrogens is 1. The lowest BCUT2D eigenvalue weighted by atomic mass is 9.93. The molecule has 2 fully saturated rings. The van der Waals surface area contributed by atoms with Gasteiger partial charge in [-0.3, -0.25) is 4.90 Å². The second-order valence-corrected chi connectivity index (χ2v) is 6.93. The normalized spacial score (nSPS) is 23.0.